The van der Waals surface area contributed by atoms with E-state index >= 15 is 0 Å². The van der Waals surface area contributed by atoms with Crippen molar-refractivity contribution in [1.29, 1.82) is 0 Å². The molecule has 1 N–H and O–H groups in total. The second kappa shape index (κ2) is 7.61. The van der Waals surface area contributed by atoms with E-state index in [2.05, 4.69) is 0 Å². The lowest BCUT2D eigenvalue weighted by Gasteiger charge is -2.10. The average molecular weight is 410 g/mol. The van der Waals surface area contributed by atoms with Gasteiger partial charge in [0.25, 0.3) is 0 Å². The monoisotopic (exact) mass is 410 g/mol. The van der Waals surface area contributed by atoms with Crippen LogP contribution in [0.3, 0.4) is 0 Å². The van der Waals surface area contributed by atoms with Crippen LogP contribution in [0.2, 0.25) is 0 Å². The summed E-state index contributed by atoms with van der Waals surface area (Å²) in [5, 5.41) is 10.6. The van der Waals surface area contributed by atoms with Crippen LogP contribution in [0, 0.1) is 6.92 Å². The number of hydrogen-bond acceptors (Lipinski definition) is 7. The van der Waals surface area contributed by atoms with Crippen molar-refractivity contribution in [3.63, 3.8) is 0 Å². The minimum Gasteiger partial charge on any atom is -0.505 e. The Morgan fingerprint density at radius 3 is 1.86 bits per heavy atom. The summed E-state index contributed by atoms with van der Waals surface area (Å²) in [7, 11) is 0. The average Bonchev–Trinajstić information content (AvgIpc) is 2.69. The summed E-state index contributed by atoms with van der Waals surface area (Å²) in [6.07, 6.45) is 0. The van der Waals surface area contributed by atoms with Crippen LogP contribution in [0.15, 0.2) is 98.7 Å². The van der Waals surface area contributed by atoms with Crippen molar-refractivity contribution in [3.05, 3.63) is 87.3 Å². The molecule has 0 aliphatic heterocycles. The number of benzene rings is 2. The van der Waals surface area contributed by atoms with Gasteiger partial charge in [0.2, 0.25) is 0 Å². The molecule has 0 aliphatic carbocycles. The van der Waals surface area contributed by atoms with Gasteiger partial charge in [-0.25, -0.2) is 9.59 Å². The maximum atomic E-state index is 12.6. The van der Waals surface area contributed by atoms with Crippen LogP contribution in [-0.2, 0) is 0 Å². The summed E-state index contributed by atoms with van der Waals surface area (Å²) in [5.74, 6) is -0.110. The van der Waals surface area contributed by atoms with Gasteiger partial charge in [0.15, 0.2) is 11.3 Å². The van der Waals surface area contributed by atoms with Gasteiger partial charge in [-0.1, -0.05) is 59.9 Å². The molecule has 0 fully saturated rings. The van der Waals surface area contributed by atoms with E-state index in [0.29, 0.717) is 10.7 Å². The van der Waals surface area contributed by atoms with Gasteiger partial charge >= 0.3 is 11.3 Å². The molecule has 0 saturated heterocycles. The van der Waals surface area contributed by atoms with E-state index in [1.165, 1.54) is 11.8 Å². The number of hydrogen-bond donors (Lipinski definition) is 1. The zero-order valence-electron chi connectivity index (χ0n) is 14.7. The maximum absolute atomic E-state index is 12.6. The second-order valence-corrected chi connectivity index (χ2v) is 8.04. The van der Waals surface area contributed by atoms with E-state index in [-0.39, 0.29) is 15.9 Å². The Bertz CT molecular complexity index is 1260. The Morgan fingerprint density at radius 1 is 0.750 bits per heavy atom. The molecular formula is C21H14O5S2. The Balaban J connectivity index is 1.91. The van der Waals surface area contributed by atoms with Crippen LogP contribution < -0.4 is 11.3 Å². The molecule has 7 heteroatoms. The SMILES string of the molecule is Cc1oc(=O)c2c(O)c(Sc3ccccc3)c(=O)oc2c1Sc1ccccc1. The van der Waals surface area contributed by atoms with Crippen LogP contribution in [0.1, 0.15) is 5.76 Å². The lowest BCUT2D eigenvalue weighted by molar-refractivity contribution is 0.426. The predicted molar refractivity (Wildman–Crippen MR) is 109 cm³/mol. The topological polar surface area (TPSA) is 80.6 Å². The first-order valence-corrected chi connectivity index (χ1v) is 9.97. The summed E-state index contributed by atoms with van der Waals surface area (Å²) in [4.78, 5) is 27.1. The third-order valence-corrected chi connectivity index (χ3v) is 6.22. The Hall–Kier alpha value is -2.90. The molecule has 2 heterocycles. The highest BCUT2D eigenvalue weighted by atomic mass is 32.2. The Kier molecular flexibility index (Phi) is 5.02. The molecule has 0 radical (unpaired) electrons. The van der Waals surface area contributed by atoms with Gasteiger partial charge in [0.1, 0.15) is 16.0 Å². The van der Waals surface area contributed by atoms with E-state index in [1.54, 1.807) is 19.1 Å². The van der Waals surface area contributed by atoms with E-state index in [0.717, 1.165) is 21.6 Å². The van der Waals surface area contributed by atoms with Crippen LogP contribution >= 0.6 is 23.5 Å². The van der Waals surface area contributed by atoms with Crippen molar-refractivity contribution in [1.82, 2.24) is 0 Å². The van der Waals surface area contributed by atoms with Crippen molar-refractivity contribution < 1.29 is 13.9 Å². The largest absolute Gasteiger partial charge is 0.505 e. The molecule has 2 aromatic carbocycles. The number of aromatic hydroxyl groups is 1. The smallest absolute Gasteiger partial charge is 0.354 e. The first-order chi connectivity index (χ1) is 13.5. The van der Waals surface area contributed by atoms with E-state index in [9.17, 15) is 14.7 Å². The van der Waals surface area contributed by atoms with Crippen LogP contribution in [0.4, 0.5) is 0 Å². The summed E-state index contributed by atoms with van der Waals surface area (Å²) < 4.78 is 10.8. The van der Waals surface area contributed by atoms with Gasteiger partial charge in [-0.2, -0.15) is 0 Å². The lowest BCUT2D eigenvalue weighted by atomic mass is 10.2. The first-order valence-electron chi connectivity index (χ1n) is 8.34. The molecular weight excluding hydrogens is 396 g/mol. The molecule has 4 aromatic rings. The lowest BCUT2D eigenvalue weighted by Crippen LogP contribution is -2.09. The van der Waals surface area contributed by atoms with Crippen LogP contribution in [0.5, 0.6) is 5.75 Å². The molecule has 0 bridgehead atoms. The van der Waals surface area contributed by atoms with E-state index < -0.39 is 17.0 Å². The molecule has 0 unspecified atom stereocenters. The van der Waals surface area contributed by atoms with Gasteiger partial charge in [-0.05, 0) is 31.2 Å². The molecule has 28 heavy (non-hydrogen) atoms. The molecule has 0 spiro atoms. The highest BCUT2D eigenvalue weighted by Crippen LogP contribution is 2.40. The van der Waals surface area contributed by atoms with Gasteiger partial charge in [0, 0.05) is 9.79 Å². The van der Waals surface area contributed by atoms with Crippen LogP contribution in [0.25, 0.3) is 11.0 Å². The Morgan fingerprint density at radius 2 is 1.29 bits per heavy atom. The molecule has 0 atom stereocenters. The zero-order chi connectivity index (χ0) is 19.7. The zero-order valence-corrected chi connectivity index (χ0v) is 16.3. The standard InChI is InChI=1S/C21H14O5S2/c1-12-18(27-13-8-4-2-5-9-13)17-15(20(23)25-12)16(22)19(21(24)26-17)28-14-10-6-3-7-11-14/h2-11,22H,1H3. The second-order valence-electron chi connectivity index (χ2n) is 5.88. The third kappa shape index (κ3) is 3.46. The fourth-order valence-electron chi connectivity index (χ4n) is 2.67. The minimum atomic E-state index is -0.749. The fraction of sp³-hybridized carbons (Fsp3) is 0.0476. The fourth-order valence-corrected chi connectivity index (χ4v) is 4.48. The summed E-state index contributed by atoms with van der Waals surface area (Å²) >= 11 is 2.33. The molecule has 0 saturated carbocycles. The molecule has 2 aromatic heterocycles. The van der Waals surface area contributed by atoms with Crippen LogP contribution in [-0.4, -0.2) is 5.11 Å². The quantitative estimate of drug-likeness (QED) is 0.503. The van der Waals surface area contributed by atoms with E-state index in [4.69, 9.17) is 8.83 Å². The molecule has 140 valence electrons. The highest BCUT2D eigenvalue weighted by molar-refractivity contribution is 7.99. The number of aryl methyl sites for hydroxylation is 1. The summed E-state index contributed by atoms with van der Waals surface area (Å²) in [5.41, 5.74) is -1.43. The van der Waals surface area contributed by atoms with Crippen molar-refractivity contribution >= 4 is 34.5 Å². The Labute approximate surface area is 168 Å². The first kappa shape index (κ1) is 18.5. The van der Waals surface area contributed by atoms with Crippen molar-refractivity contribution in [2.24, 2.45) is 0 Å². The molecule has 4 rings (SSSR count). The molecule has 0 aliphatic rings. The summed E-state index contributed by atoms with van der Waals surface area (Å²) in [6.45, 7) is 1.62. The van der Waals surface area contributed by atoms with Gasteiger partial charge in [-0.3, -0.25) is 0 Å². The van der Waals surface area contributed by atoms with E-state index in [1.807, 2.05) is 48.5 Å². The van der Waals surface area contributed by atoms with Gasteiger partial charge in [0.05, 0.1) is 4.90 Å². The van der Waals surface area contributed by atoms with Crippen molar-refractivity contribution in [3.8, 4) is 5.75 Å². The third-order valence-electron chi connectivity index (χ3n) is 3.96. The predicted octanol–water partition coefficient (Wildman–Crippen LogP) is 5.06. The van der Waals surface area contributed by atoms with Crippen molar-refractivity contribution in [2.75, 3.05) is 0 Å². The minimum absolute atomic E-state index is 0.0301. The number of fused-ring (bicyclic) bond motifs is 1. The maximum Gasteiger partial charge on any atom is 0.354 e. The van der Waals surface area contributed by atoms with Gasteiger partial charge in [-0.15, -0.1) is 0 Å². The summed E-state index contributed by atoms with van der Waals surface area (Å²) in [6, 6.07) is 18.5. The number of rotatable bonds is 4. The normalized spacial score (nSPS) is 11.0. The van der Waals surface area contributed by atoms with Crippen molar-refractivity contribution in [2.45, 2.75) is 26.5 Å². The van der Waals surface area contributed by atoms with Gasteiger partial charge < -0.3 is 13.9 Å². The molecule has 5 nitrogen and oxygen atoms in total. The highest BCUT2D eigenvalue weighted by Gasteiger charge is 2.23. The molecule has 0 amide bonds.